The second-order valence-corrected chi connectivity index (χ2v) is 7.03. The normalized spacial score (nSPS) is 15.1. The van der Waals surface area contributed by atoms with Crippen molar-refractivity contribution in [2.75, 3.05) is 18.6 Å². The van der Waals surface area contributed by atoms with Crippen LogP contribution < -0.4 is 19.7 Å². The Kier molecular flexibility index (Phi) is 6.89. The van der Waals surface area contributed by atoms with Gasteiger partial charge in [0, 0.05) is 0 Å². The molecule has 0 radical (unpaired) electrons. The fourth-order valence-corrected chi connectivity index (χ4v) is 2.96. The van der Waals surface area contributed by atoms with Gasteiger partial charge in [0.2, 0.25) is 0 Å². The van der Waals surface area contributed by atoms with E-state index < -0.39 is 23.8 Å². The Morgan fingerprint density at radius 1 is 1.06 bits per heavy atom. The zero-order valence-corrected chi connectivity index (χ0v) is 17.8. The number of rotatable bonds is 7. The van der Waals surface area contributed by atoms with E-state index >= 15 is 0 Å². The van der Waals surface area contributed by atoms with Crippen LogP contribution in [0.15, 0.2) is 54.1 Å². The summed E-state index contributed by atoms with van der Waals surface area (Å²) in [6.07, 6.45) is 1.09. The van der Waals surface area contributed by atoms with Gasteiger partial charge in [-0.3, -0.25) is 14.9 Å². The Balaban J connectivity index is 1.84. The van der Waals surface area contributed by atoms with Crippen LogP contribution in [0.4, 0.5) is 10.5 Å². The number of imide groups is 2. The summed E-state index contributed by atoms with van der Waals surface area (Å²) in [5.74, 6) is -1.50. The average molecular weight is 438 g/mol. The minimum atomic E-state index is -0.821. The molecule has 0 saturated carbocycles. The van der Waals surface area contributed by atoms with Gasteiger partial charge in [0.1, 0.15) is 5.57 Å². The number of carbonyl (C=O) groups excluding carboxylic acids is 4. The molecule has 0 spiro atoms. The molecule has 2 aromatic carbocycles. The van der Waals surface area contributed by atoms with Crippen LogP contribution in [0.3, 0.4) is 0 Å². The molecular formula is C23H22N2O7. The van der Waals surface area contributed by atoms with Gasteiger partial charge in [-0.25, -0.2) is 14.5 Å². The number of hydrogen-bond acceptors (Lipinski definition) is 7. The Morgan fingerprint density at radius 2 is 1.78 bits per heavy atom. The molecule has 0 bridgehead atoms. The van der Waals surface area contributed by atoms with Crippen molar-refractivity contribution in [3.63, 3.8) is 0 Å². The number of nitrogens with one attached hydrogen (secondary N) is 1. The lowest BCUT2D eigenvalue weighted by Crippen LogP contribution is -2.54. The summed E-state index contributed by atoms with van der Waals surface area (Å²) < 4.78 is 15.8. The first-order chi connectivity index (χ1) is 15.3. The number of ether oxygens (including phenoxy) is 3. The fourth-order valence-electron chi connectivity index (χ4n) is 2.96. The number of methoxy groups -OCH3 is 1. The van der Waals surface area contributed by atoms with Gasteiger partial charge in [-0.2, -0.15) is 0 Å². The van der Waals surface area contributed by atoms with Crippen molar-refractivity contribution < 1.29 is 33.4 Å². The first kappa shape index (κ1) is 22.5. The van der Waals surface area contributed by atoms with E-state index in [-0.39, 0.29) is 29.8 Å². The molecule has 0 aromatic heterocycles. The predicted octanol–water partition coefficient (Wildman–Crippen LogP) is 2.69. The van der Waals surface area contributed by atoms with E-state index in [0.29, 0.717) is 11.3 Å². The first-order valence-corrected chi connectivity index (χ1v) is 9.77. The zero-order valence-electron chi connectivity index (χ0n) is 17.8. The average Bonchev–Trinajstić information content (AvgIpc) is 2.75. The second-order valence-electron chi connectivity index (χ2n) is 7.03. The van der Waals surface area contributed by atoms with Crippen molar-refractivity contribution in [3.8, 4) is 11.5 Å². The molecule has 9 heteroatoms. The minimum Gasteiger partial charge on any atom is -0.493 e. The maximum Gasteiger partial charge on any atom is 0.344 e. The fraction of sp³-hybridized carbons (Fsp3) is 0.217. The Morgan fingerprint density at radius 3 is 2.44 bits per heavy atom. The highest BCUT2D eigenvalue weighted by atomic mass is 16.6. The van der Waals surface area contributed by atoms with Gasteiger partial charge in [0.05, 0.1) is 18.9 Å². The summed E-state index contributed by atoms with van der Waals surface area (Å²) in [5.41, 5.74) is 0.576. The van der Waals surface area contributed by atoms with Gasteiger partial charge in [0.25, 0.3) is 11.8 Å². The number of nitrogens with zero attached hydrogens (tertiary/aromatic N) is 1. The monoisotopic (exact) mass is 438 g/mol. The van der Waals surface area contributed by atoms with Crippen LogP contribution in [0.5, 0.6) is 11.5 Å². The molecule has 0 aliphatic carbocycles. The number of benzene rings is 2. The third-order valence-corrected chi connectivity index (χ3v) is 4.33. The van der Waals surface area contributed by atoms with Crippen LogP contribution in [0.1, 0.15) is 19.4 Å². The number of urea groups is 1. The molecule has 1 saturated heterocycles. The number of anilines is 1. The number of hydrogen-bond donors (Lipinski definition) is 1. The molecule has 1 aliphatic rings. The van der Waals surface area contributed by atoms with Gasteiger partial charge in [-0.05, 0) is 49.8 Å². The molecule has 166 valence electrons. The minimum absolute atomic E-state index is 0.218. The third-order valence-electron chi connectivity index (χ3n) is 4.33. The van der Waals surface area contributed by atoms with Crippen LogP contribution in [-0.2, 0) is 19.1 Å². The molecule has 0 unspecified atom stereocenters. The van der Waals surface area contributed by atoms with Gasteiger partial charge in [-0.15, -0.1) is 0 Å². The lowest BCUT2D eigenvalue weighted by molar-refractivity contribution is -0.149. The van der Waals surface area contributed by atoms with Crippen molar-refractivity contribution >= 4 is 35.6 Å². The van der Waals surface area contributed by atoms with E-state index in [1.165, 1.54) is 13.2 Å². The van der Waals surface area contributed by atoms with E-state index in [1.54, 1.807) is 62.4 Å². The van der Waals surface area contributed by atoms with Gasteiger partial charge >= 0.3 is 12.0 Å². The summed E-state index contributed by atoms with van der Waals surface area (Å²) >= 11 is 0. The highest BCUT2D eigenvalue weighted by molar-refractivity contribution is 6.39. The van der Waals surface area contributed by atoms with Crippen LogP contribution in [0.2, 0.25) is 0 Å². The van der Waals surface area contributed by atoms with Crippen LogP contribution in [-0.4, -0.2) is 43.6 Å². The Bertz CT molecular complexity index is 1080. The topological polar surface area (TPSA) is 111 Å². The van der Waals surface area contributed by atoms with Gasteiger partial charge in [-0.1, -0.05) is 24.3 Å². The molecule has 4 amide bonds. The lowest BCUT2D eigenvalue weighted by Gasteiger charge is -2.26. The second kappa shape index (κ2) is 9.78. The SMILES string of the molecule is COc1cc(/C=C2/C(=O)NC(=O)N(c3ccccc3)C2=O)ccc1OCC(=O)OC(C)C. The highest BCUT2D eigenvalue weighted by Crippen LogP contribution is 2.30. The van der Waals surface area contributed by atoms with Crippen molar-refractivity contribution in [1.29, 1.82) is 0 Å². The zero-order chi connectivity index (χ0) is 23.3. The standard InChI is InChI=1S/C23H22N2O7/c1-14(2)32-20(26)13-31-18-10-9-15(12-19(18)30-3)11-17-21(27)24-23(29)25(22(17)28)16-7-5-4-6-8-16/h4-12,14H,13H2,1-3H3,(H,24,27,29)/b17-11-. The summed E-state index contributed by atoms with van der Waals surface area (Å²) in [6.45, 7) is 3.16. The summed E-state index contributed by atoms with van der Waals surface area (Å²) in [6, 6.07) is 12.1. The van der Waals surface area contributed by atoms with Crippen molar-refractivity contribution in [1.82, 2.24) is 5.32 Å². The molecule has 1 heterocycles. The molecule has 1 fully saturated rings. The maximum atomic E-state index is 12.9. The van der Waals surface area contributed by atoms with Crippen molar-refractivity contribution in [2.24, 2.45) is 0 Å². The molecule has 0 atom stereocenters. The maximum absolute atomic E-state index is 12.9. The molecule has 1 aliphatic heterocycles. The predicted molar refractivity (Wildman–Crippen MR) is 115 cm³/mol. The summed E-state index contributed by atoms with van der Waals surface area (Å²) in [7, 11) is 1.42. The van der Waals surface area contributed by atoms with Crippen molar-refractivity contribution in [3.05, 3.63) is 59.7 Å². The quantitative estimate of drug-likeness (QED) is 0.402. The Labute approximate surface area is 184 Å². The third kappa shape index (κ3) is 5.12. The number of esters is 1. The summed E-state index contributed by atoms with van der Waals surface area (Å²) in [5, 5.41) is 2.17. The largest absolute Gasteiger partial charge is 0.493 e. The van der Waals surface area contributed by atoms with Gasteiger partial charge < -0.3 is 14.2 Å². The van der Waals surface area contributed by atoms with Crippen LogP contribution in [0.25, 0.3) is 6.08 Å². The molecule has 2 aromatic rings. The van der Waals surface area contributed by atoms with Crippen LogP contribution in [0, 0.1) is 0 Å². The molecule has 9 nitrogen and oxygen atoms in total. The lowest BCUT2D eigenvalue weighted by atomic mass is 10.1. The van der Waals surface area contributed by atoms with E-state index in [2.05, 4.69) is 5.32 Å². The highest BCUT2D eigenvalue weighted by Gasteiger charge is 2.36. The van der Waals surface area contributed by atoms with E-state index in [0.717, 1.165) is 4.90 Å². The number of para-hydroxylation sites is 1. The smallest absolute Gasteiger partial charge is 0.344 e. The van der Waals surface area contributed by atoms with Crippen LogP contribution >= 0.6 is 0 Å². The molecule has 32 heavy (non-hydrogen) atoms. The van der Waals surface area contributed by atoms with Crippen molar-refractivity contribution in [2.45, 2.75) is 20.0 Å². The molecular weight excluding hydrogens is 416 g/mol. The molecule has 1 N–H and O–H groups in total. The van der Waals surface area contributed by atoms with Gasteiger partial charge in [0.15, 0.2) is 18.1 Å². The molecule has 3 rings (SSSR count). The van der Waals surface area contributed by atoms with E-state index in [1.807, 2.05) is 0 Å². The Hall–Kier alpha value is -4.14. The van der Waals surface area contributed by atoms with E-state index in [4.69, 9.17) is 14.2 Å². The number of carbonyl (C=O) groups is 4. The number of barbiturate groups is 1. The van der Waals surface area contributed by atoms with E-state index in [9.17, 15) is 19.2 Å². The number of amides is 4. The first-order valence-electron chi connectivity index (χ1n) is 9.77. The summed E-state index contributed by atoms with van der Waals surface area (Å²) in [4.78, 5) is 50.0.